The minimum atomic E-state index is -1.13. The summed E-state index contributed by atoms with van der Waals surface area (Å²) >= 11 is 0. The van der Waals surface area contributed by atoms with E-state index in [1.165, 1.54) is 11.2 Å². The fraction of sp³-hybridized carbons (Fsp3) is 0.538. The third kappa shape index (κ3) is 3.82. The molecular formula is C13H19N5O4. The fourth-order valence-electron chi connectivity index (χ4n) is 2.51. The lowest BCUT2D eigenvalue weighted by Gasteiger charge is -2.26. The van der Waals surface area contributed by atoms with E-state index in [4.69, 9.17) is 10.8 Å². The van der Waals surface area contributed by atoms with Crippen LogP contribution in [0.1, 0.15) is 18.5 Å². The van der Waals surface area contributed by atoms with E-state index in [9.17, 15) is 14.4 Å². The molecule has 0 aliphatic carbocycles. The molecule has 0 radical (unpaired) electrons. The monoisotopic (exact) mass is 309 g/mol. The number of nitrogens with zero attached hydrogens (tertiary/aromatic N) is 2. The summed E-state index contributed by atoms with van der Waals surface area (Å²) < 4.78 is 0. The maximum atomic E-state index is 12.4. The molecule has 5 N–H and O–H groups in total. The Morgan fingerprint density at radius 1 is 1.55 bits per heavy atom. The van der Waals surface area contributed by atoms with E-state index in [-0.39, 0.29) is 12.3 Å². The van der Waals surface area contributed by atoms with Crippen molar-refractivity contribution in [1.29, 1.82) is 0 Å². The zero-order valence-corrected chi connectivity index (χ0v) is 12.0. The van der Waals surface area contributed by atoms with Gasteiger partial charge in [-0.05, 0) is 12.8 Å². The van der Waals surface area contributed by atoms with E-state index in [0.29, 0.717) is 25.1 Å². The largest absolute Gasteiger partial charge is 0.480 e. The van der Waals surface area contributed by atoms with Crippen LogP contribution in [0.25, 0.3) is 0 Å². The lowest BCUT2D eigenvalue weighted by Crippen LogP contribution is -2.52. The first-order chi connectivity index (χ1) is 10.5. The van der Waals surface area contributed by atoms with Crippen LogP contribution in [0, 0.1) is 0 Å². The summed E-state index contributed by atoms with van der Waals surface area (Å²) in [6.07, 6.45) is 4.64. The summed E-state index contributed by atoms with van der Waals surface area (Å²) in [5.74, 6) is -1.91. The number of nitrogens with one attached hydrogen (secondary N) is 2. The summed E-state index contributed by atoms with van der Waals surface area (Å²) in [4.78, 5) is 43.1. The highest BCUT2D eigenvalue weighted by atomic mass is 16.4. The number of nitrogens with two attached hydrogens (primary N) is 1. The van der Waals surface area contributed by atoms with Crippen LogP contribution in [0.5, 0.6) is 0 Å². The minimum absolute atomic E-state index is 0.280. The predicted octanol–water partition coefficient (Wildman–Crippen LogP) is -1.53. The molecule has 0 spiro atoms. The first kappa shape index (κ1) is 16.0. The highest BCUT2D eigenvalue weighted by Crippen LogP contribution is 2.18. The van der Waals surface area contributed by atoms with Crippen molar-refractivity contribution < 1.29 is 19.5 Å². The molecule has 1 aromatic rings. The maximum Gasteiger partial charge on any atom is 0.322 e. The van der Waals surface area contributed by atoms with Gasteiger partial charge in [0.25, 0.3) is 0 Å². The fourth-order valence-corrected chi connectivity index (χ4v) is 2.51. The molecule has 9 nitrogen and oxygen atoms in total. The molecular weight excluding hydrogens is 290 g/mol. The van der Waals surface area contributed by atoms with Crippen LogP contribution in [0.3, 0.4) is 0 Å². The molecule has 2 atom stereocenters. The van der Waals surface area contributed by atoms with E-state index in [0.717, 1.165) is 0 Å². The Labute approximate surface area is 126 Å². The zero-order valence-electron chi connectivity index (χ0n) is 12.0. The molecule has 1 fully saturated rings. The lowest BCUT2D eigenvalue weighted by molar-refractivity contribution is -0.141. The van der Waals surface area contributed by atoms with Crippen molar-refractivity contribution in [3.8, 4) is 0 Å². The van der Waals surface area contributed by atoms with Crippen molar-refractivity contribution in [2.75, 3.05) is 13.1 Å². The number of H-pyrrole nitrogens is 1. The van der Waals surface area contributed by atoms with Gasteiger partial charge in [0.05, 0.1) is 18.1 Å². The Morgan fingerprint density at radius 3 is 2.95 bits per heavy atom. The van der Waals surface area contributed by atoms with Crippen LogP contribution in [0.2, 0.25) is 0 Å². The van der Waals surface area contributed by atoms with Gasteiger partial charge in [0.1, 0.15) is 12.6 Å². The molecule has 22 heavy (non-hydrogen) atoms. The number of rotatable bonds is 6. The smallest absolute Gasteiger partial charge is 0.322 e. The summed E-state index contributed by atoms with van der Waals surface area (Å²) in [7, 11) is 0. The van der Waals surface area contributed by atoms with E-state index >= 15 is 0 Å². The van der Waals surface area contributed by atoms with E-state index in [2.05, 4.69) is 15.3 Å². The van der Waals surface area contributed by atoms with Crippen LogP contribution < -0.4 is 11.1 Å². The number of carbonyl (C=O) groups is 3. The van der Waals surface area contributed by atoms with Crippen molar-refractivity contribution in [3.63, 3.8) is 0 Å². The molecule has 1 aromatic heterocycles. The number of aliphatic carboxylic acids is 1. The average molecular weight is 309 g/mol. The first-order valence-corrected chi connectivity index (χ1v) is 7.02. The molecule has 0 aromatic carbocycles. The number of imidazole rings is 1. The van der Waals surface area contributed by atoms with Gasteiger partial charge in [0, 0.05) is 19.2 Å². The zero-order chi connectivity index (χ0) is 16.1. The Kier molecular flexibility index (Phi) is 5.10. The Balaban J connectivity index is 1.95. The predicted molar refractivity (Wildman–Crippen MR) is 75.6 cm³/mol. The summed E-state index contributed by atoms with van der Waals surface area (Å²) in [5.41, 5.74) is 6.57. The van der Waals surface area contributed by atoms with E-state index < -0.39 is 30.5 Å². The standard InChI is InChI=1S/C13H19N5O4/c14-9(4-8-5-15-7-17-8)13(22)18-3-1-2-10(18)12(21)16-6-11(19)20/h5,7,9-10H,1-4,6,14H2,(H,15,17)(H,16,21)(H,19,20)/t9-,10-/m0/s1. The van der Waals surface area contributed by atoms with Crippen LogP contribution in [0.15, 0.2) is 12.5 Å². The second-order valence-corrected chi connectivity index (χ2v) is 5.17. The molecule has 2 rings (SSSR count). The van der Waals surface area contributed by atoms with Gasteiger partial charge < -0.3 is 26.0 Å². The van der Waals surface area contributed by atoms with Gasteiger partial charge in [-0.3, -0.25) is 14.4 Å². The summed E-state index contributed by atoms with van der Waals surface area (Å²) in [5, 5.41) is 10.9. The minimum Gasteiger partial charge on any atom is -0.480 e. The number of aromatic nitrogens is 2. The van der Waals surface area contributed by atoms with Gasteiger partial charge in [0.2, 0.25) is 11.8 Å². The molecule has 0 saturated carbocycles. The van der Waals surface area contributed by atoms with E-state index in [1.807, 2.05) is 0 Å². The number of likely N-dealkylation sites (tertiary alicyclic amines) is 1. The third-order valence-electron chi connectivity index (χ3n) is 3.55. The molecule has 2 heterocycles. The highest BCUT2D eigenvalue weighted by Gasteiger charge is 2.36. The SMILES string of the molecule is N[C@@H](Cc1c[nH]cn1)C(=O)N1CCC[C@H]1C(=O)NCC(=O)O. The van der Waals surface area contributed by atoms with Crippen molar-refractivity contribution in [2.45, 2.75) is 31.3 Å². The second kappa shape index (κ2) is 7.03. The second-order valence-electron chi connectivity index (χ2n) is 5.17. The number of aromatic amines is 1. The molecule has 9 heteroatoms. The number of hydrogen-bond acceptors (Lipinski definition) is 5. The lowest BCUT2D eigenvalue weighted by atomic mass is 10.1. The van der Waals surface area contributed by atoms with Crippen molar-refractivity contribution >= 4 is 17.8 Å². The quantitative estimate of drug-likeness (QED) is 0.502. The highest BCUT2D eigenvalue weighted by molar-refractivity contribution is 5.91. The van der Waals surface area contributed by atoms with Crippen LogP contribution in [-0.2, 0) is 20.8 Å². The first-order valence-electron chi connectivity index (χ1n) is 7.02. The maximum absolute atomic E-state index is 12.4. The van der Waals surface area contributed by atoms with Gasteiger partial charge in [-0.15, -0.1) is 0 Å². The summed E-state index contributed by atoms with van der Waals surface area (Å²) in [6, 6.07) is -1.44. The third-order valence-corrected chi connectivity index (χ3v) is 3.55. The molecule has 1 aliphatic rings. The Hall–Kier alpha value is -2.42. The van der Waals surface area contributed by atoms with Gasteiger partial charge in [0.15, 0.2) is 0 Å². The van der Waals surface area contributed by atoms with Gasteiger partial charge in [-0.25, -0.2) is 4.98 Å². The molecule has 1 saturated heterocycles. The molecule has 2 amide bonds. The molecule has 0 bridgehead atoms. The van der Waals surface area contributed by atoms with Crippen molar-refractivity contribution in [2.24, 2.45) is 5.73 Å². The number of amides is 2. The van der Waals surface area contributed by atoms with Crippen LogP contribution in [0.4, 0.5) is 0 Å². The van der Waals surface area contributed by atoms with Gasteiger partial charge in [-0.2, -0.15) is 0 Å². The Bertz CT molecular complexity index is 545. The van der Waals surface area contributed by atoms with Gasteiger partial charge >= 0.3 is 5.97 Å². The molecule has 120 valence electrons. The Morgan fingerprint density at radius 2 is 2.32 bits per heavy atom. The van der Waals surface area contributed by atoms with Crippen molar-refractivity contribution in [1.82, 2.24) is 20.2 Å². The number of carbonyl (C=O) groups excluding carboxylic acids is 2. The molecule has 1 aliphatic heterocycles. The number of carboxylic acids is 1. The van der Waals surface area contributed by atoms with Crippen molar-refractivity contribution in [3.05, 3.63) is 18.2 Å². The van der Waals surface area contributed by atoms with Crippen LogP contribution in [-0.4, -0.2) is 62.9 Å². The topological polar surface area (TPSA) is 141 Å². The van der Waals surface area contributed by atoms with E-state index in [1.54, 1.807) is 6.20 Å². The van der Waals surface area contributed by atoms with Gasteiger partial charge in [-0.1, -0.05) is 0 Å². The normalized spacial score (nSPS) is 19.0. The van der Waals surface area contributed by atoms with Crippen LogP contribution >= 0.6 is 0 Å². The average Bonchev–Trinajstić information content (AvgIpc) is 3.14. The number of carboxylic acid groups (broad SMARTS) is 1. The summed E-state index contributed by atoms with van der Waals surface area (Å²) in [6.45, 7) is -0.0189. The number of hydrogen-bond donors (Lipinski definition) is 4. The molecule has 0 unspecified atom stereocenters.